The van der Waals surface area contributed by atoms with E-state index in [1.807, 2.05) is 45.0 Å². The van der Waals surface area contributed by atoms with Crippen LogP contribution in [-0.4, -0.2) is 59.3 Å². The Hall–Kier alpha value is -3.07. The Bertz CT molecular complexity index is 1460. The summed E-state index contributed by atoms with van der Waals surface area (Å²) in [5.41, 5.74) is 3.77. The molecule has 2 aromatic carbocycles. The van der Waals surface area contributed by atoms with Gasteiger partial charge in [-0.05, 0) is 113 Å². The van der Waals surface area contributed by atoms with Gasteiger partial charge >= 0.3 is 5.97 Å². The minimum atomic E-state index is -0.466. The number of esters is 1. The average molecular weight is 698 g/mol. The standard InChI is InChI=1S/C40H59N3O5.ClH/c1-38(2,3)32-23-29(24-33(35(32)44)39(4,5)6)36-42-30(26-47-36)19-22-46-31-17-15-27(16-18-31)25-43(10)21-12-14-28-13-11-20-41-34(28)37(45)48-40(7,8)9;/h15-18,23-24,26,28,34,41,44H,11-14,19-22,25H2,1-10H3;1H. The van der Waals surface area contributed by atoms with Gasteiger partial charge in [0.2, 0.25) is 5.89 Å². The highest BCUT2D eigenvalue weighted by Gasteiger charge is 2.33. The van der Waals surface area contributed by atoms with E-state index in [2.05, 4.69) is 70.9 Å². The molecular weight excluding hydrogens is 638 g/mol. The summed E-state index contributed by atoms with van der Waals surface area (Å²) in [6, 6.07) is 12.1. The van der Waals surface area contributed by atoms with Crippen molar-refractivity contribution >= 4 is 18.4 Å². The lowest BCUT2D eigenvalue weighted by Gasteiger charge is -2.33. The van der Waals surface area contributed by atoms with Crippen LogP contribution >= 0.6 is 12.4 Å². The number of nitrogens with zero attached hydrogens (tertiary/aromatic N) is 2. The maximum absolute atomic E-state index is 12.7. The van der Waals surface area contributed by atoms with Crippen molar-refractivity contribution in [2.24, 2.45) is 5.92 Å². The van der Waals surface area contributed by atoms with Gasteiger partial charge in [-0.25, -0.2) is 4.98 Å². The van der Waals surface area contributed by atoms with Crippen LogP contribution in [0.5, 0.6) is 11.5 Å². The molecule has 1 aliphatic heterocycles. The van der Waals surface area contributed by atoms with E-state index in [4.69, 9.17) is 18.9 Å². The van der Waals surface area contributed by atoms with Gasteiger partial charge < -0.3 is 29.2 Å². The number of halogens is 1. The number of benzene rings is 2. The van der Waals surface area contributed by atoms with Crippen LogP contribution in [0.15, 0.2) is 47.1 Å². The summed E-state index contributed by atoms with van der Waals surface area (Å²) in [6.45, 7) is 21.6. The van der Waals surface area contributed by atoms with Crippen molar-refractivity contribution in [2.45, 2.75) is 123 Å². The van der Waals surface area contributed by atoms with Gasteiger partial charge in [-0.2, -0.15) is 0 Å². The Balaban J connectivity index is 0.00000650. The molecule has 1 fully saturated rings. The Kier molecular flexibility index (Phi) is 13.8. The first kappa shape index (κ1) is 40.4. The second-order valence-electron chi connectivity index (χ2n) is 16.6. The van der Waals surface area contributed by atoms with E-state index in [-0.39, 0.29) is 35.2 Å². The number of nitrogens with one attached hydrogen (secondary N) is 1. The summed E-state index contributed by atoms with van der Waals surface area (Å²) < 4.78 is 17.6. The third-order valence-electron chi connectivity index (χ3n) is 8.89. The van der Waals surface area contributed by atoms with Gasteiger partial charge in [-0.15, -0.1) is 12.4 Å². The molecule has 8 nitrogen and oxygen atoms in total. The van der Waals surface area contributed by atoms with Crippen molar-refractivity contribution in [3.8, 4) is 23.0 Å². The van der Waals surface area contributed by atoms with Crippen LogP contribution in [0.25, 0.3) is 11.5 Å². The van der Waals surface area contributed by atoms with Gasteiger partial charge in [-0.3, -0.25) is 4.79 Å². The van der Waals surface area contributed by atoms with Crippen LogP contribution in [0.1, 0.15) is 110 Å². The number of carbonyl (C=O) groups excluding carboxylic acids is 1. The molecule has 0 radical (unpaired) electrons. The number of phenols is 1. The summed E-state index contributed by atoms with van der Waals surface area (Å²) >= 11 is 0. The van der Waals surface area contributed by atoms with Crippen molar-refractivity contribution in [2.75, 3.05) is 26.7 Å². The van der Waals surface area contributed by atoms with Crippen molar-refractivity contribution in [3.63, 3.8) is 0 Å². The number of ether oxygens (including phenoxy) is 2. The van der Waals surface area contributed by atoms with Crippen LogP contribution in [0.2, 0.25) is 0 Å². The first-order valence-corrected chi connectivity index (χ1v) is 17.6. The van der Waals surface area contributed by atoms with E-state index in [9.17, 15) is 9.90 Å². The lowest BCUT2D eigenvalue weighted by Crippen LogP contribution is -2.49. The second-order valence-corrected chi connectivity index (χ2v) is 16.6. The molecule has 0 saturated carbocycles. The summed E-state index contributed by atoms with van der Waals surface area (Å²) in [6.07, 6.45) is 6.52. The number of hydrogen-bond donors (Lipinski definition) is 2. The molecule has 0 aliphatic carbocycles. The van der Waals surface area contributed by atoms with Crippen LogP contribution in [0, 0.1) is 5.92 Å². The average Bonchev–Trinajstić information content (AvgIpc) is 3.45. The molecule has 0 bridgehead atoms. The molecule has 272 valence electrons. The molecular formula is C40H60ClN3O5. The molecule has 4 rings (SSSR count). The number of oxazole rings is 1. The number of carbonyl (C=O) groups is 1. The SMILES string of the molecule is CN(CCCC1CCCNC1C(=O)OC(C)(C)C)Cc1ccc(OCCc2coc(-c3cc(C(C)(C)C)c(O)c(C(C)(C)C)c3)n2)cc1.Cl. The molecule has 0 spiro atoms. The van der Waals surface area contributed by atoms with E-state index in [0.29, 0.717) is 30.6 Å². The number of aromatic hydroxyl groups is 1. The van der Waals surface area contributed by atoms with E-state index in [0.717, 1.165) is 73.5 Å². The zero-order valence-corrected chi connectivity index (χ0v) is 32.3. The minimum absolute atomic E-state index is 0. The fourth-order valence-electron chi connectivity index (χ4n) is 6.34. The first-order chi connectivity index (χ1) is 22.4. The summed E-state index contributed by atoms with van der Waals surface area (Å²) in [4.78, 5) is 19.8. The Morgan fingerprint density at radius 3 is 2.24 bits per heavy atom. The predicted molar refractivity (Wildman–Crippen MR) is 200 cm³/mol. The maximum atomic E-state index is 12.7. The molecule has 1 aromatic heterocycles. The van der Waals surface area contributed by atoms with Gasteiger partial charge in [0.15, 0.2) is 0 Å². The van der Waals surface area contributed by atoms with Crippen molar-refractivity contribution in [1.82, 2.24) is 15.2 Å². The molecule has 2 heterocycles. The zero-order chi connectivity index (χ0) is 35.3. The molecule has 9 heteroatoms. The molecule has 3 aromatic rings. The lowest BCUT2D eigenvalue weighted by molar-refractivity contribution is -0.159. The molecule has 0 amide bonds. The quantitative estimate of drug-likeness (QED) is 0.182. The number of phenolic OH excluding ortho intramolecular Hbond substituents is 1. The van der Waals surface area contributed by atoms with Crippen molar-refractivity contribution in [1.29, 1.82) is 0 Å². The van der Waals surface area contributed by atoms with Crippen LogP contribution in [0.4, 0.5) is 0 Å². The molecule has 49 heavy (non-hydrogen) atoms. The first-order valence-electron chi connectivity index (χ1n) is 17.6. The smallest absolute Gasteiger partial charge is 0.323 e. The van der Waals surface area contributed by atoms with E-state index in [1.54, 1.807) is 6.26 Å². The number of piperidine rings is 1. The van der Waals surface area contributed by atoms with E-state index >= 15 is 0 Å². The fraction of sp³-hybridized carbons (Fsp3) is 0.600. The van der Waals surface area contributed by atoms with Gasteiger partial charge in [0.05, 0.1) is 12.3 Å². The highest BCUT2D eigenvalue weighted by molar-refractivity contribution is 5.85. The topological polar surface area (TPSA) is 97.1 Å². The monoisotopic (exact) mass is 697 g/mol. The Labute approximate surface area is 300 Å². The van der Waals surface area contributed by atoms with Gasteiger partial charge in [0, 0.05) is 29.7 Å². The third kappa shape index (κ3) is 11.8. The summed E-state index contributed by atoms with van der Waals surface area (Å²) in [5.74, 6) is 1.92. The van der Waals surface area contributed by atoms with Crippen LogP contribution in [-0.2, 0) is 33.3 Å². The van der Waals surface area contributed by atoms with Crippen molar-refractivity contribution in [3.05, 3.63) is 65.0 Å². The molecule has 1 aliphatic rings. The molecule has 1 saturated heterocycles. The normalized spacial score (nSPS) is 17.1. The predicted octanol–water partition coefficient (Wildman–Crippen LogP) is 8.61. The second kappa shape index (κ2) is 16.8. The maximum Gasteiger partial charge on any atom is 0.323 e. The van der Waals surface area contributed by atoms with E-state index < -0.39 is 5.60 Å². The van der Waals surface area contributed by atoms with Crippen molar-refractivity contribution < 1.29 is 23.8 Å². The zero-order valence-electron chi connectivity index (χ0n) is 31.4. The third-order valence-corrected chi connectivity index (χ3v) is 8.89. The van der Waals surface area contributed by atoms with Crippen LogP contribution in [0.3, 0.4) is 0 Å². The Morgan fingerprint density at radius 2 is 1.65 bits per heavy atom. The Morgan fingerprint density at radius 1 is 1.02 bits per heavy atom. The molecule has 2 N–H and O–H groups in total. The minimum Gasteiger partial charge on any atom is -0.507 e. The highest BCUT2D eigenvalue weighted by atomic mass is 35.5. The number of aromatic nitrogens is 1. The lowest BCUT2D eigenvalue weighted by atomic mass is 9.78. The summed E-state index contributed by atoms with van der Waals surface area (Å²) in [7, 11) is 2.15. The highest BCUT2D eigenvalue weighted by Crippen LogP contribution is 2.42. The van der Waals surface area contributed by atoms with Gasteiger partial charge in [-0.1, -0.05) is 53.7 Å². The molecule has 2 unspecified atom stereocenters. The molecule has 2 atom stereocenters. The van der Waals surface area contributed by atoms with Gasteiger partial charge in [0.1, 0.15) is 29.4 Å². The van der Waals surface area contributed by atoms with Crippen LogP contribution < -0.4 is 10.1 Å². The summed E-state index contributed by atoms with van der Waals surface area (Å²) in [5, 5.41) is 14.5. The largest absolute Gasteiger partial charge is 0.507 e. The fourth-order valence-corrected chi connectivity index (χ4v) is 6.34. The van der Waals surface area contributed by atoms with Gasteiger partial charge in [0.25, 0.3) is 0 Å². The number of rotatable bonds is 12. The van der Waals surface area contributed by atoms with E-state index in [1.165, 1.54) is 5.56 Å². The number of hydrogen-bond acceptors (Lipinski definition) is 8.